The minimum Gasteiger partial charge on any atom is -0.426 e. The van der Waals surface area contributed by atoms with Crippen LogP contribution >= 0.6 is 0 Å². The molecule has 3 rings (SSSR count). The van der Waals surface area contributed by atoms with E-state index in [1.807, 2.05) is 0 Å². The van der Waals surface area contributed by atoms with Crippen LogP contribution in [0.15, 0.2) is 91.0 Å². The van der Waals surface area contributed by atoms with E-state index in [4.69, 9.17) is 14.2 Å². The van der Waals surface area contributed by atoms with Gasteiger partial charge in [0.15, 0.2) is 5.60 Å². The maximum absolute atomic E-state index is 12.7. The van der Waals surface area contributed by atoms with E-state index in [0.29, 0.717) is 0 Å². The van der Waals surface area contributed by atoms with Crippen molar-refractivity contribution < 1.29 is 33.7 Å². The van der Waals surface area contributed by atoms with Gasteiger partial charge in [0.1, 0.15) is 17.2 Å². The van der Waals surface area contributed by atoms with Gasteiger partial charge in [-0.3, -0.25) is 9.59 Å². The molecule has 0 saturated carbocycles. The summed E-state index contributed by atoms with van der Waals surface area (Å²) in [6, 6.07) is 24.3. The van der Waals surface area contributed by atoms with E-state index in [9.17, 15) is 19.5 Å². The Hall–Kier alpha value is -4.01. The third kappa shape index (κ3) is 7.05. The largest absolute Gasteiger partial charge is 0.426 e. The van der Waals surface area contributed by atoms with Crippen LogP contribution in [0.1, 0.15) is 12.8 Å². The van der Waals surface area contributed by atoms with Gasteiger partial charge in [-0.2, -0.15) is 0 Å². The standard InChI is InChI=1S/C24H20O7.H3N/c25-21(29-18-10-4-1-5-11-18)16-24(28,23(27)31-20-14-8-3-9-15-20)17-22(26)30-19-12-6-2-7-13-19;/h1-15,28H,16-17H2;1H3. The normalized spacial score (nSPS) is 10.4. The number of hydrogen-bond donors (Lipinski definition) is 2. The smallest absolute Gasteiger partial charge is 0.344 e. The van der Waals surface area contributed by atoms with Crippen molar-refractivity contribution in [2.24, 2.45) is 0 Å². The number of hydrogen-bond acceptors (Lipinski definition) is 8. The number of ether oxygens (including phenoxy) is 3. The zero-order chi connectivity index (χ0) is 22.1. The zero-order valence-electron chi connectivity index (χ0n) is 17.2. The van der Waals surface area contributed by atoms with Crippen LogP contribution in [0, 0.1) is 0 Å². The second-order valence-electron chi connectivity index (χ2n) is 6.66. The number of rotatable bonds is 8. The molecular weight excluding hydrogens is 414 g/mol. The minimum absolute atomic E-state index is 0. The van der Waals surface area contributed by atoms with E-state index in [1.165, 1.54) is 12.1 Å². The molecule has 0 aromatic heterocycles. The first-order valence-electron chi connectivity index (χ1n) is 9.46. The third-order valence-electron chi connectivity index (χ3n) is 4.16. The van der Waals surface area contributed by atoms with E-state index in [0.717, 1.165) is 0 Å². The van der Waals surface area contributed by atoms with Gasteiger partial charge in [-0.15, -0.1) is 0 Å². The Morgan fingerprint density at radius 3 is 1.25 bits per heavy atom. The lowest BCUT2D eigenvalue weighted by atomic mass is 9.95. The van der Waals surface area contributed by atoms with E-state index in [2.05, 4.69) is 0 Å². The van der Waals surface area contributed by atoms with Gasteiger partial charge in [0.25, 0.3) is 0 Å². The molecular formula is C24H23NO7. The van der Waals surface area contributed by atoms with E-state index >= 15 is 0 Å². The second kappa shape index (κ2) is 11.4. The topological polar surface area (TPSA) is 134 Å². The summed E-state index contributed by atoms with van der Waals surface area (Å²) >= 11 is 0. The van der Waals surface area contributed by atoms with Crippen molar-refractivity contribution in [1.82, 2.24) is 6.15 Å². The number of benzene rings is 3. The van der Waals surface area contributed by atoms with Gasteiger partial charge in [0.2, 0.25) is 0 Å². The van der Waals surface area contributed by atoms with Crippen molar-refractivity contribution in [3.8, 4) is 17.2 Å². The highest BCUT2D eigenvalue weighted by Gasteiger charge is 2.44. The minimum atomic E-state index is -2.49. The molecule has 0 heterocycles. The lowest BCUT2D eigenvalue weighted by Crippen LogP contribution is -2.46. The number of carbonyl (C=O) groups excluding carboxylic acids is 3. The van der Waals surface area contributed by atoms with E-state index < -0.39 is 36.4 Å². The first-order valence-corrected chi connectivity index (χ1v) is 9.46. The van der Waals surface area contributed by atoms with Crippen LogP contribution < -0.4 is 20.4 Å². The highest BCUT2D eigenvalue weighted by molar-refractivity contribution is 5.92. The third-order valence-corrected chi connectivity index (χ3v) is 4.16. The molecule has 0 radical (unpaired) electrons. The Labute approximate surface area is 184 Å². The Morgan fingerprint density at radius 1 is 0.594 bits per heavy atom. The van der Waals surface area contributed by atoms with Crippen molar-refractivity contribution in [3.63, 3.8) is 0 Å². The number of esters is 3. The second-order valence-corrected chi connectivity index (χ2v) is 6.66. The van der Waals surface area contributed by atoms with Gasteiger partial charge in [-0.05, 0) is 36.4 Å². The Bertz CT molecular complexity index is 968. The molecule has 0 aliphatic rings. The first kappa shape index (κ1) is 24.3. The van der Waals surface area contributed by atoms with Gasteiger partial charge < -0.3 is 25.5 Å². The summed E-state index contributed by atoms with van der Waals surface area (Å²) in [5, 5.41) is 11.0. The Kier molecular flexibility index (Phi) is 8.64. The lowest BCUT2D eigenvalue weighted by molar-refractivity contribution is -0.166. The Morgan fingerprint density at radius 2 is 0.906 bits per heavy atom. The summed E-state index contributed by atoms with van der Waals surface area (Å²) in [6.45, 7) is 0. The van der Waals surface area contributed by atoms with Gasteiger partial charge in [-0.1, -0.05) is 54.6 Å². The SMILES string of the molecule is N.O=C(CC(O)(CC(=O)Oc1ccccc1)C(=O)Oc1ccccc1)Oc1ccccc1. The Balaban J connectivity index is 0.00000363. The molecule has 0 amide bonds. The molecule has 4 N–H and O–H groups in total. The fourth-order valence-electron chi connectivity index (χ4n) is 2.69. The van der Waals surface area contributed by atoms with Crippen LogP contribution in [0.25, 0.3) is 0 Å². The zero-order valence-corrected chi connectivity index (χ0v) is 17.2. The van der Waals surface area contributed by atoms with Crippen molar-refractivity contribution in [2.75, 3.05) is 0 Å². The molecule has 8 heteroatoms. The van der Waals surface area contributed by atoms with E-state index in [1.54, 1.807) is 78.9 Å². The molecule has 32 heavy (non-hydrogen) atoms. The van der Waals surface area contributed by atoms with Crippen LogP contribution in [0.5, 0.6) is 17.2 Å². The average molecular weight is 437 g/mol. The van der Waals surface area contributed by atoms with E-state index in [-0.39, 0.29) is 23.4 Å². The van der Waals surface area contributed by atoms with Gasteiger partial charge >= 0.3 is 17.9 Å². The predicted molar refractivity (Wildman–Crippen MR) is 115 cm³/mol. The van der Waals surface area contributed by atoms with Crippen molar-refractivity contribution in [1.29, 1.82) is 0 Å². The first-order chi connectivity index (χ1) is 14.9. The summed E-state index contributed by atoms with van der Waals surface area (Å²) < 4.78 is 15.5. The molecule has 0 fully saturated rings. The highest BCUT2D eigenvalue weighted by atomic mass is 16.6. The van der Waals surface area contributed by atoms with Crippen molar-refractivity contribution >= 4 is 17.9 Å². The van der Waals surface area contributed by atoms with Crippen molar-refractivity contribution in [3.05, 3.63) is 91.0 Å². The number of carbonyl (C=O) groups is 3. The molecule has 0 bridgehead atoms. The van der Waals surface area contributed by atoms with Crippen LogP contribution in [-0.2, 0) is 14.4 Å². The summed E-state index contributed by atoms with van der Waals surface area (Å²) in [5.41, 5.74) is -2.49. The molecule has 0 atom stereocenters. The molecule has 0 unspecified atom stereocenters. The predicted octanol–water partition coefficient (Wildman–Crippen LogP) is 3.48. The lowest BCUT2D eigenvalue weighted by Gasteiger charge is -2.24. The molecule has 0 saturated heterocycles. The highest BCUT2D eigenvalue weighted by Crippen LogP contribution is 2.23. The molecule has 166 valence electrons. The number of para-hydroxylation sites is 3. The fraction of sp³-hybridized carbons (Fsp3) is 0.125. The average Bonchev–Trinajstić information content (AvgIpc) is 2.75. The summed E-state index contributed by atoms with van der Waals surface area (Å²) in [4.78, 5) is 37.5. The maximum Gasteiger partial charge on any atom is 0.344 e. The maximum atomic E-state index is 12.7. The summed E-state index contributed by atoms with van der Waals surface area (Å²) in [5.74, 6) is -2.37. The molecule has 8 nitrogen and oxygen atoms in total. The monoisotopic (exact) mass is 437 g/mol. The fourth-order valence-corrected chi connectivity index (χ4v) is 2.69. The van der Waals surface area contributed by atoms with Crippen LogP contribution in [0.3, 0.4) is 0 Å². The van der Waals surface area contributed by atoms with Crippen molar-refractivity contribution in [2.45, 2.75) is 18.4 Å². The number of aliphatic hydroxyl groups is 1. The van der Waals surface area contributed by atoms with Gasteiger partial charge in [0, 0.05) is 0 Å². The molecule has 3 aromatic carbocycles. The molecule has 0 spiro atoms. The van der Waals surface area contributed by atoms with Crippen LogP contribution in [0.4, 0.5) is 0 Å². The molecule has 0 aliphatic heterocycles. The van der Waals surface area contributed by atoms with Gasteiger partial charge in [0.05, 0.1) is 12.8 Å². The summed E-state index contributed by atoms with van der Waals surface area (Å²) in [7, 11) is 0. The summed E-state index contributed by atoms with van der Waals surface area (Å²) in [6.07, 6.45) is -1.62. The van der Waals surface area contributed by atoms with Crippen LogP contribution in [-0.4, -0.2) is 28.6 Å². The quantitative estimate of drug-likeness (QED) is 0.404. The molecule has 0 aliphatic carbocycles. The van der Waals surface area contributed by atoms with Crippen LogP contribution in [0.2, 0.25) is 0 Å². The molecule has 3 aromatic rings. The van der Waals surface area contributed by atoms with Gasteiger partial charge in [-0.25, -0.2) is 4.79 Å².